The Morgan fingerprint density at radius 1 is 1.58 bits per heavy atom. The van der Waals surface area contributed by atoms with Crippen molar-refractivity contribution in [3.05, 3.63) is 30.1 Å². The Morgan fingerprint density at radius 2 is 2.47 bits per heavy atom. The average molecular weight is 264 g/mol. The number of carbonyl (C=O) groups is 1. The van der Waals surface area contributed by atoms with Crippen LogP contribution < -0.4 is 0 Å². The Labute approximate surface area is 113 Å². The Hall–Kier alpha value is -1.46. The van der Waals surface area contributed by atoms with Crippen molar-refractivity contribution in [3.63, 3.8) is 0 Å². The van der Waals surface area contributed by atoms with Gasteiger partial charge in [-0.25, -0.2) is 0 Å². The molecule has 0 saturated carbocycles. The Kier molecular flexibility index (Phi) is 5.30. The molecule has 1 aliphatic heterocycles. The van der Waals surface area contributed by atoms with Crippen molar-refractivity contribution in [1.82, 2.24) is 9.88 Å². The van der Waals surface area contributed by atoms with Crippen LogP contribution >= 0.6 is 0 Å². The van der Waals surface area contributed by atoms with Gasteiger partial charge in [-0.05, 0) is 12.1 Å². The first-order valence-corrected chi connectivity index (χ1v) is 6.58. The van der Waals surface area contributed by atoms with E-state index >= 15 is 0 Å². The maximum atomic E-state index is 11.2. The lowest BCUT2D eigenvalue weighted by Crippen LogP contribution is -2.44. The Balaban J connectivity index is 1.76. The lowest BCUT2D eigenvalue weighted by Gasteiger charge is -2.32. The number of methoxy groups -OCH3 is 1. The number of hydrogen-bond acceptors (Lipinski definition) is 5. The van der Waals surface area contributed by atoms with Crippen LogP contribution in [0.1, 0.15) is 12.1 Å². The van der Waals surface area contributed by atoms with Gasteiger partial charge in [-0.2, -0.15) is 0 Å². The van der Waals surface area contributed by atoms with Gasteiger partial charge in [-0.1, -0.05) is 6.07 Å². The normalized spacial score (nSPS) is 20.2. The van der Waals surface area contributed by atoms with Crippen molar-refractivity contribution in [1.29, 1.82) is 0 Å². The fourth-order valence-electron chi connectivity index (χ4n) is 2.19. The number of esters is 1. The molecule has 0 amide bonds. The summed E-state index contributed by atoms with van der Waals surface area (Å²) in [6, 6.07) is 5.96. The summed E-state index contributed by atoms with van der Waals surface area (Å²) in [5.74, 6) is -0.212. The van der Waals surface area contributed by atoms with Crippen molar-refractivity contribution in [3.8, 4) is 0 Å². The fourth-order valence-corrected chi connectivity index (χ4v) is 2.19. The summed E-state index contributed by atoms with van der Waals surface area (Å²) in [5.41, 5.74) is 1.10. The number of nitrogens with zero attached hydrogens (tertiary/aromatic N) is 2. The van der Waals surface area contributed by atoms with E-state index in [0.29, 0.717) is 13.0 Å². The van der Waals surface area contributed by atoms with Gasteiger partial charge >= 0.3 is 5.97 Å². The van der Waals surface area contributed by atoms with Gasteiger partial charge < -0.3 is 9.47 Å². The van der Waals surface area contributed by atoms with Gasteiger partial charge in [-0.15, -0.1) is 0 Å². The average Bonchev–Trinajstić information content (AvgIpc) is 2.46. The number of aromatic nitrogens is 1. The van der Waals surface area contributed by atoms with Crippen molar-refractivity contribution in [2.45, 2.75) is 18.9 Å². The van der Waals surface area contributed by atoms with E-state index in [2.05, 4.69) is 14.6 Å². The molecule has 0 aliphatic carbocycles. The predicted molar refractivity (Wildman–Crippen MR) is 70.8 cm³/mol. The summed E-state index contributed by atoms with van der Waals surface area (Å²) in [4.78, 5) is 17.9. The van der Waals surface area contributed by atoms with Gasteiger partial charge in [-0.3, -0.25) is 14.7 Å². The van der Waals surface area contributed by atoms with Crippen LogP contribution in [0.15, 0.2) is 24.4 Å². The van der Waals surface area contributed by atoms with Crippen LogP contribution in [0.5, 0.6) is 0 Å². The first-order chi connectivity index (χ1) is 9.28. The van der Waals surface area contributed by atoms with Crippen molar-refractivity contribution < 1.29 is 14.3 Å². The summed E-state index contributed by atoms with van der Waals surface area (Å²) >= 11 is 0. The molecule has 1 aliphatic rings. The zero-order valence-corrected chi connectivity index (χ0v) is 11.2. The number of ether oxygens (including phenoxy) is 2. The molecule has 0 unspecified atom stereocenters. The van der Waals surface area contributed by atoms with E-state index < -0.39 is 0 Å². The summed E-state index contributed by atoms with van der Waals surface area (Å²) in [7, 11) is 1.41. The standard InChI is InChI=1S/C14H20N2O3/c1-18-14(17)10-13-11-16(8-9-19-13)7-5-12-4-2-3-6-15-12/h2-4,6,13H,5,7-11H2,1H3/t13-/m0/s1. The maximum absolute atomic E-state index is 11.2. The second-order valence-electron chi connectivity index (χ2n) is 4.64. The summed E-state index contributed by atoms with van der Waals surface area (Å²) < 4.78 is 10.2. The van der Waals surface area contributed by atoms with Crippen LogP contribution in [0.4, 0.5) is 0 Å². The maximum Gasteiger partial charge on any atom is 0.308 e. The van der Waals surface area contributed by atoms with Gasteiger partial charge in [0.25, 0.3) is 0 Å². The molecular formula is C14H20N2O3. The molecule has 19 heavy (non-hydrogen) atoms. The molecule has 1 aromatic rings. The van der Waals surface area contributed by atoms with Crippen LogP contribution in [-0.2, 0) is 20.7 Å². The molecule has 0 spiro atoms. The smallest absolute Gasteiger partial charge is 0.308 e. The molecule has 0 radical (unpaired) electrons. The molecule has 104 valence electrons. The zero-order valence-electron chi connectivity index (χ0n) is 11.2. The third-order valence-corrected chi connectivity index (χ3v) is 3.26. The number of carbonyl (C=O) groups excluding carboxylic acids is 1. The predicted octanol–water partition coefficient (Wildman–Crippen LogP) is 0.888. The van der Waals surface area contributed by atoms with Crippen molar-refractivity contribution in [2.24, 2.45) is 0 Å². The Bertz CT molecular complexity index is 397. The molecule has 1 fully saturated rings. The topological polar surface area (TPSA) is 51.7 Å². The highest BCUT2D eigenvalue weighted by atomic mass is 16.5. The molecule has 0 bridgehead atoms. The number of hydrogen-bond donors (Lipinski definition) is 0. The second-order valence-corrected chi connectivity index (χ2v) is 4.64. The van der Waals surface area contributed by atoms with Crippen LogP contribution in [0.25, 0.3) is 0 Å². The third-order valence-electron chi connectivity index (χ3n) is 3.26. The van der Waals surface area contributed by atoms with Crippen LogP contribution in [-0.4, -0.2) is 55.3 Å². The number of pyridine rings is 1. The summed E-state index contributed by atoms with van der Waals surface area (Å²) in [6.45, 7) is 3.30. The third kappa shape index (κ3) is 4.61. The minimum Gasteiger partial charge on any atom is -0.469 e. The molecule has 0 aromatic carbocycles. The van der Waals surface area contributed by atoms with Gasteiger partial charge in [0, 0.05) is 37.9 Å². The highest BCUT2D eigenvalue weighted by Crippen LogP contribution is 2.10. The first kappa shape index (κ1) is 14.0. The summed E-state index contributed by atoms with van der Waals surface area (Å²) in [5, 5.41) is 0. The van der Waals surface area contributed by atoms with E-state index in [1.807, 2.05) is 24.4 Å². The van der Waals surface area contributed by atoms with Crippen LogP contribution in [0.3, 0.4) is 0 Å². The lowest BCUT2D eigenvalue weighted by atomic mass is 10.2. The first-order valence-electron chi connectivity index (χ1n) is 6.58. The zero-order chi connectivity index (χ0) is 13.5. The quantitative estimate of drug-likeness (QED) is 0.739. The molecule has 2 heterocycles. The Morgan fingerprint density at radius 3 is 3.21 bits per heavy atom. The van der Waals surface area contributed by atoms with E-state index in [9.17, 15) is 4.79 Å². The van der Waals surface area contributed by atoms with Crippen LogP contribution in [0.2, 0.25) is 0 Å². The molecule has 1 saturated heterocycles. The van der Waals surface area contributed by atoms with E-state index in [0.717, 1.165) is 31.7 Å². The second kappa shape index (κ2) is 7.21. The molecular weight excluding hydrogens is 244 g/mol. The van der Waals surface area contributed by atoms with E-state index in [-0.39, 0.29) is 12.1 Å². The SMILES string of the molecule is COC(=O)C[C@H]1CN(CCc2ccccn2)CCO1. The monoisotopic (exact) mass is 264 g/mol. The fraction of sp³-hybridized carbons (Fsp3) is 0.571. The molecule has 1 atom stereocenters. The molecule has 0 N–H and O–H groups in total. The van der Waals surface area contributed by atoms with Gasteiger partial charge in [0.2, 0.25) is 0 Å². The molecule has 5 heteroatoms. The van der Waals surface area contributed by atoms with E-state index in [1.54, 1.807) is 0 Å². The molecule has 2 rings (SSSR count). The lowest BCUT2D eigenvalue weighted by molar-refractivity contribution is -0.145. The van der Waals surface area contributed by atoms with Gasteiger partial charge in [0.05, 0.1) is 26.2 Å². The van der Waals surface area contributed by atoms with E-state index in [1.165, 1.54) is 7.11 Å². The molecule has 1 aromatic heterocycles. The van der Waals surface area contributed by atoms with Crippen molar-refractivity contribution in [2.75, 3.05) is 33.4 Å². The minimum absolute atomic E-state index is 0.0510. The largest absolute Gasteiger partial charge is 0.469 e. The van der Waals surface area contributed by atoms with Gasteiger partial charge in [0.15, 0.2) is 0 Å². The number of morpholine rings is 1. The highest BCUT2D eigenvalue weighted by Gasteiger charge is 2.22. The van der Waals surface area contributed by atoms with Gasteiger partial charge in [0.1, 0.15) is 0 Å². The minimum atomic E-state index is -0.212. The van der Waals surface area contributed by atoms with Crippen molar-refractivity contribution >= 4 is 5.97 Å². The highest BCUT2D eigenvalue weighted by molar-refractivity contribution is 5.69. The van der Waals surface area contributed by atoms with Crippen LogP contribution in [0, 0.1) is 0 Å². The summed E-state index contributed by atoms with van der Waals surface area (Å²) in [6.07, 6.45) is 3.02. The molecule has 5 nitrogen and oxygen atoms in total. The van der Waals surface area contributed by atoms with E-state index in [4.69, 9.17) is 4.74 Å². The number of rotatable bonds is 5.